The number of aromatic nitrogens is 6. The monoisotopic (exact) mass is 448 g/mol. The molecular formula is C19H22F2N8OS. The van der Waals surface area contributed by atoms with Gasteiger partial charge in [-0.25, -0.2) is 18.4 Å². The molecule has 0 saturated carbocycles. The molecule has 1 atom stereocenters. The highest BCUT2D eigenvalue weighted by Crippen LogP contribution is 2.30. The zero-order chi connectivity index (χ0) is 21.4. The number of carbonyl (C=O) groups is 1. The summed E-state index contributed by atoms with van der Waals surface area (Å²) in [7, 11) is 0. The fraction of sp³-hybridized carbons (Fsp3) is 0.526. The van der Waals surface area contributed by atoms with Crippen molar-refractivity contribution in [3.8, 4) is 10.6 Å². The summed E-state index contributed by atoms with van der Waals surface area (Å²) in [4.78, 5) is 23.7. The Labute approximate surface area is 180 Å². The molecule has 0 bridgehead atoms. The molecule has 3 aromatic rings. The summed E-state index contributed by atoms with van der Waals surface area (Å²) in [5.41, 5.74) is 0.334. The number of nitrogens with zero attached hydrogens (tertiary/aromatic N) is 6. The number of thiazole rings is 1. The van der Waals surface area contributed by atoms with E-state index in [4.69, 9.17) is 4.98 Å². The van der Waals surface area contributed by atoms with Gasteiger partial charge in [-0.3, -0.25) is 9.89 Å². The molecule has 2 aliphatic heterocycles. The minimum absolute atomic E-state index is 0.0949. The molecule has 0 aromatic carbocycles. The van der Waals surface area contributed by atoms with Crippen LogP contribution in [0.15, 0.2) is 11.6 Å². The number of hydrogen-bond donors (Lipinski definition) is 2. The summed E-state index contributed by atoms with van der Waals surface area (Å²) in [6, 6.07) is -0.0949. The Hall–Kier alpha value is -2.89. The lowest BCUT2D eigenvalue weighted by atomic mass is 10.1. The quantitative estimate of drug-likeness (QED) is 0.622. The van der Waals surface area contributed by atoms with Gasteiger partial charge in [0.25, 0.3) is 12.3 Å². The van der Waals surface area contributed by atoms with E-state index in [1.165, 1.54) is 18.0 Å². The molecule has 2 aliphatic rings. The lowest BCUT2D eigenvalue weighted by molar-refractivity contribution is 0.0925. The van der Waals surface area contributed by atoms with Crippen molar-refractivity contribution < 1.29 is 13.6 Å². The van der Waals surface area contributed by atoms with Crippen molar-refractivity contribution in [1.82, 2.24) is 35.3 Å². The molecule has 5 heterocycles. The normalized spacial score (nSPS) is 18.9. The van der Waals surface area contributed by atoms with Crippen LogP contribution >= 0.6 is 11.3 Å². The van der Waals surface area contributed by atoms with Crippen LogP contribution in [0.5, 0.6) is 0 Å². The van der Waals surface area contributed by atoms with E-state index >= 15 is 0 Å². The standard InChI is InChI=1S/C19H22F2N8OS/c20-16(21)13-10-31-18(24-13)12-9-22-26-15(12)17(30)23-11-4-7-29-14(8-11)25-19(27-29)28-5-2-1-3-6-28/h9-11,16H,1-8H2,(H,22,26)(H,23,30). The fourth-order valence-corrected chi connectivity index (χ4v) is 4.86. The van der Waals surface area contributed by atoms with E-state index < -0.39 is 6.43 Å². The number of aryl methyl sites for hydroxylation is 1. The number of nitrogens with one attached hydrogen (secondary N) is 2. The van der Waals surface area contributed by atoms with Gasteiger partial charge in [-0.05, 0) is 25.7 Å². The first-order valence-corrected chi connectivity index (χ1v) is 11.2. The number of anilines is 1. The average Bonchev–Trinajstić information content (AvgIpc) is 3.52. The first kappa shape index (κ1) is 20.0. The smallest absolute Gasteiger partial charge is 0.281 e. The number of fused-ring (bicyclic) bond motifs is 1. The van der Waals surface area contributed by atoms with E-state index in [1.807, 2.05) is 4.68 Å². The number of rotatable bonds is 5. The number of hydrogen-bond acceptors (Lipinski definition) is 7. The molecule has 3 aromatic heterocycles. The van der Waals surface area contributed by atoms with E-state index in [-0.39, 0.29) is 23.3 Å². The summed E-state index contributed by atoms with van der Waals surface area (Å²) in [5.74, 6) is 1.30. The van der Waals surface area contributed by atoms with Crippen LogP contribution in [0.4, 0.5) is 14.7 Å². The van der Waals surface area contributed by atoms with Crippen LogP contribution in [-0.4, -0.2) is 55.0 Å². The molecule has 164 valence electrons. The molecule has 5 rings (SSSR count). The first-order valence-electron chi connectivity index (χ1n) is 10.4. The molecule has 12 heteroatoms. The van der Waals surface area contributed by atoms with Crippen LogP contribution < -0.4 is 10.2 Å². The van der Waals surface area contributed by atoms with Gasteiger partial charge >= 0.3 is 0 Å². The fourth-order valence-electron chi connectivity index (χ4n) is 4.03. The van der Waals surface area contributed by atoms with Gasteiger partial charge in [-0.1, -0.05) is 0 Å². The Kier molecular flexibility index (Phi) is 5.38. The highest BCUT2D eigenvalue weighted by atomic mass is 32.1. The van der Waals surface area contributed by atoms with Crippen molar-refractivity contribution in [2.45, 2.75) is 51.1 Å². The van der Waals surface area contributed by atoms with Crippen LogP contribution in [0.2, 0.25) is 0 Å². The van der Waals surface area contributed by atoms with Crippen molar-refractivity contribution in [2.24, 2.45) is 0 Å². The number of carbonyl (C=O) groups excluding carboxylic acids is 1. The third-order valence-electron chi connectivity index (χ3n) is 5.67. The van der Waals surface area contributed by atoms with Crippen LogP contribution in [0.1, 0.15) is 54.1 Å². The zero-order valence-corrected chi connectivity index (χ0v) is 17.5. The molecular weight excluding hydrogens is 426 g/mol. The molecule has 0 spiro atoms. The van der Waals surface area contributed by atoms with E-state index in [2.05, 4.69) is 30.5 Å². The van der Waals surface area contributed by atoms with Crippen molar-refractivity contribution >= 4 is 23.2 Å². The van der Waals surface area contributed by atoms with Crippen molar-refractivity contribution in [2.75, 3.05) is 18.0 Å². The maximum Gasteiger partial charge on any atom is 0.281 e. The second-order valence-corrected chi connectivity index (χ2v) is 8.66. The van der Waals surface area contributed by atoms with Crippen molar-refractivity contribution in [3.63, 3.8) is 0 Å². The molecule has 1 unspecified atom stereocenters. The summed E-state index contributed by atoms with van der Waals surface area (Å²) in [6.07, 6.45) is 3.67. The minimum Gasteiger partial charge on any atom is -0.347 e. The molecule has 31 heavy (non-hydrogen) atoms. The third kappa shape index (κ3) is 4.03. The SMILES string of the molecule is O=C(NC1CCn2nc(N3CCCCC3)nc2C1)c1[nH]ncc1-c1nc(C(F)F)cs1. The van der Waals surface area contributed by atoms with Crippen LogP contribution in [0.25, 0.3) is 10.6 Å². The number of aromatic amines is 1. The van der Waals surface area contributed by atoms with E-state index in [0.29, 0.717) is 23.5 Å². The number of H-pyrrole nitrogens is 1. The number of piperidine rings is 1. The predicted molar refractivity (Wildman–Crippen MR) is 110 cm³/mol. The topological polar surface area (TPSA) is 105 Å². The van der Waals surface area contributed by atoms with Gasteiger partial charge in [0.15, 0.2) is 0 Å². The number of amides is 1. The van der Waals surface area contributed by atoms with E-state index in [1.54, 1.807) is 0 Å². The highest BCUT2D eigenvalue weighted by molar-refractivity contribution is 7.13. The maximum atomic E-state index is 12.9. The van der Waals surface area contributed by atoms with Crippen LogP contribution in [0, 0.1) is 0 Å². The third-order valence-corrected chi connectivity index (χ3v) is 6.57. The van der Waals surface area contributed by atoms with E-state index in [0.717, 1.165) is 55.5 Å². The Morgan fingerprint density at radius 3 is 2.84 bits per heavy atom. The number of halogens is 2. The highest BCUT2D eigenvalue weighted by Gasteiger charge is 2.27. The second-order valence-electron chi connectivity index (χ2n) is 7.80. The maximum absolute atomic E-state index is 12.9. The second kappa shape index (κ2) is 8.33. The summed E-state index contributed by atoms with van der Waals surface area (Å²) in [6.45, 7) is 2.65. The first-order chi connectivity index (χ1) is 15.1. The molecule has 2 N–H and O–H groups in total. The Bertz CT molecular complexity index is 1070. The predicted octanol–water partition coefficient (Wildman–Crippen LogP) is 2.80. The van der Waals surface area contributed by atoms with Gasteiger partial charge in [0, 0.05) is 37.5 Å². The Balaban J connectivity index is 1.27. The lowest BCUT2D eigenvalue weighted by Gasteiger charge is -2.24. The van der Waals surface area contributed by atoms with Crippen molar-refractivity contribution in [1.29, 1.82) is 0 Å². The lowest BCUT2D eigenvalue weighted by Crippen LogP contribution is -2.40. The van der Waals surface area contributed by atoms with E-state index in [9.17, 15) is 13.6 Å². The Morgan fingerprint density at radius 2 is 2.06 bits per heavy atom. The number of alkyl halides is 2. The van der Waals surface area contributed by atoms with Gasteiger partial charge in [0.2, 0.25) is 5.95 Å². The molecule has 1 saturated heterocycles. The van der Waals surface area contributed by atoms with Gasteiger partial charge in [0.1, 0.15) is 22.2 Å². The van der Waals surface area contributed by atoms with Gasteiger partial charge < -0.3 is 10.2 Å². The summed E-state index contributed by atoms with van der Waals surface area (Å²) >= 11 is 1.06. The molecule has 1 amide bonds. The van der Waals surface area contributed by atoms with Gasteiger partial charge in [0.05, 0.1) is 11.8 Å². The molecule has 1 fully saturated rings. The van der Waals surface area contributed by atoms with Gasteiger partial charge in [-0.2, -0.15) is 10.1 Å². The Morgan fingerprint density at radius 1 is 1.23 bits per heavy atom. The van der Waals surface area contributed by atoms with Crippen molar-refractivity contribution in [3.05, 3.63) is 28.8 Å². The largest absolute Gasteiger partial charge is 0.347 e. The molecule has 0 radical (unpaired) electrons. The van der Waals surface area contributed by atoms with Gasteiger partial charge in [-0.15, -0.1) is 16.4 Å². The summed E-state index contributed by atoms with van der Waals surface area (Å²) < 4.78 is 27.6. The van der Waals surface area contributed by atoms with Crippen LogP contribution in [0.3, 0.4) is 0 Å². The average molecular weight is 449 g/mol. The zero-order valence-electron chi connectivity index (χ0n) is 16.7. The molecule has 9 nitrogen and oxygen atoms in total. The summed E-state index contributed by atoms with van der Waals surface area (Å²) in [5, 5.41) is 15.9. The molecule has 0 aliphatic carbocycles. The van der Waals surface area contributed by atoms with Crippen LogP contribution in [-0.2, 0) is 13.0 Å². The minimum atomic E-state index is -2.65.